The molecule has 26 heavy (non-hydrogen) atoms. The summed E-state index contributed by atoms with van der Waals surface area (Å²) < 4.78 is 5.26. The Morgan fingerprint density at radius 2 is 2.19 bits per heavy atom. The summed E-state index contributed by atoms with van der Waals surface area (Å²) in [7, 11) is 1.70. The number of carbonyl (C=O) groups is 1. The van der Waals surface area contributed by atoms with Crippen molar-refractivity contribution in [2.24, 2.45) is 5.92 Å². The highest BCUT2D eigenvalue weighted by Gasteiger charge is 2.33. The molecule has 1 unspecified atom stereocenters. The van der Waals surface area contributed by atoms with Gasteiger partial charge in [0.25, 0.3) is 0 Å². The molecule has 1 aliphatic carbocycles. The van der Waals surface area contributed by atoms with Crippen LogP contribution in [0.3, 0.4) is 0 Å². The van der Waals surface area contributed by atoms with Gasteiger partial charge in [0.1, 0.15) is 0 Å². The van der Waals surface area contributed by atoms with Crippen molar-refractivity contribution < 1.29 is 9.53 Å². The van der Waals surface area contributed by atoms with Gasteiger partial charge in [0.05, 0.1) is 12.6 Å². The first-order chi connectivity index (χ1) is 12.7. The summed E-state index contributed by atoms with van der Waals surface area (Å²) in [6.07, 6.45) is 5.47. The van der Waals surface area contributed by atoms with Crippen molar-refractivity contribution in [3.8, 4) is 0 Å². The molecule has 5 heteroatoms. The Bertz CT molecular complexity index is 835. The van der Waals surface area contributed by atoms with Gasteiger partial charge in [0.15, 0.2) is 0 Å². The van der Waals surface area contributed by atoms with Crippen LogP contribution >= 0.6 is 0 Å². The summed E-state index contributed by atoms with van der Waals surface area (Å²) in [4.78, 5) is 18.0. The molecule has 2 amide bonds. The smallest absolute Gasteiger partial charge is 0.317 e. The molecule has 2 heterocycles. The normalized spacial score (nSPS) is 18.7. The van der Waals surface area contributed by atoms with Gasteiger partial charge >= 0.3 is 6.03 Å². The zero-order chi connectivity index (χ0) is 18.1. The van der Waals surface area contributed by atoms with Gasteiger partial charge in [0, 0.05) is 42.4 Å². The number of ether oxygens (including phenoxy) is 1. The van der Waals surface area contributed by atoms with E-state index in [1.807, 2.05) is 4.90 Å². The second-order valence-corrected chi connectivity index (χ2v) is 7.44. The second-order valence-electron chi connectivity index (χ2n) is 7.44. The maximum atomic E-state index is 12.6. The maximum absolute atomic E-state index is 12.6. The van der Waals surface area contributed by atoms with Crippen LogP contribution in [0.25, 0.3) is 16.5 Å². The van der Waals surface area contributed by atoms with Crippen molar-refractivity contribution in [1.82, 2.24) is 15.2 Å². The highest BCUT2D eigenvalue weighted by Crippen LogP contribution is 2.34. The molecule has 1 aliphatic heterocycles. The number of nitrogens with one attached hydrogen (secondary N) is 2. The number of benzene rings is 1. The van der Waals surface area contributed by atoms with Crippen molar-refractivity contribution in [2.75, 3.05) is 26.8 Å². The quantitative estimate of drug-likeness (QED) is 0.861. The number of aromatic nitrogens is 1. The van der Waals surface area contributed by atoms with Crippen molar-refractivity contribution in [3.05, 3.63) is 41.6 Å². The number of amides is 2. The minimum Gasteiger partial charge on any atom is -0.383 e. The van der Waals surface area contributed by atoms with E-state index in [0.717, 1.165) is 13.0 Å². The molecule has 1 saturated carbocycles. The lowest BCUT2D eigenvalue weighted by Crippen LogP contribution is -2.48. The minimum atomic E-state index is 0.0323. The maximum Gasteiger partial charge on any atom is 0.317 e. The zero-order valence-corrected chi connectivity index (χ0v) is 15.5. The number of aromatic amines is 1. The van der Waals surface area contributed by atoms with Crippen LogP contribution in [0.2, 0.25) is 0 Å². The number of H-pyrrole nitrogens is 1. The van der Waals surface area contributed by atoms with Gasteiger partial charge in [-0.25, -0.2) is 4.79 Å². The highest BCUT2D eigenvalue weighted by atomic mass is 16.5. The Labute approximate surface area is 154 Å². The highest BCUT2D eigenvalue weighted by molar-refractivity contribution is 5.94. The second kappa shape index (κ2) is 7.16. The average molecular weight is 353 g/mol. The molecule has 0 radical (unpaired) electrons. The molecule has 0 spiro atoms. The third-order valence-corrected chi connectivity index (χ3v) is 5.56. The van der Waals surface area contributed by atoms with Crippen molar-refractivity contribution in [1.29, 1.82) is 0 Å². The van der Waals surface area contributed by atoms with Crippen molar-refractivity contribution in [3.63, 3.8) is 0 Å². The number of rotatable bonds is 5. The van der Waals surface area contributed by atoms with Crippen LogP contribution in [-0.4, -0.2) is 48.8 Å². The number of methoxy groups -OCH3 is 1. The Balaban J connectivity index is 1.46. The van der Waals surface area contributed by atoms with Crippen LogP contribution in [0.4, 0.5) is 4.79 Å². The number of hydrogen-bond acceptors (Lipinski definition) is 2. The Hall–Kier alpha value is -2.27. The first-order valence-electron chi connectivity index (χ1n) is 9.48. The fourth-order valence-corrected chi connectivity index (χ4v) is 3.99. The van der Waals surface area contributed by atoms with Gasteiger partial charge in [-0.15, -0.1) is 0 Å². The van der Waals surface area contributed by atoms with Crippen LogP contribution in [0.15, 0.2) is 30.3 Å². The molecular weight excluding hydrogens is 326 g/mol. The van der Waals surface area contributed by atoms with E-state index in [9.17, 15) is 4.79 Å². The SMILES string of the molecule is COCC(NC(=O)N1CC=C(c2c(C)[nH]c3ccccc23)CC1)C1CC1. The minimum absolute atomic E-state index is 0.0323. The number of aryl methyl sites for hydroxylation is 1. The summed E-state index contributed by atoms with van der Waals surface area (Å²) in [5.41, 5.74) is 5.01. The van der Waals surface area contributed by atoms with Gasteiger partial charge in [-0.1, -0.05) is 24.3 Å². The topological polar surface area (TPSA) is 57.4 Å². The Morgan fingerprint density at radius 3 is 2.88 bits per heavy atom. The summed E-state index contributed by atoms with van der Waals surface area (Å²) in [5.74, 6) is 0.587. The number of hydrogen-bond donors (Lipinski definition) is 2. The standard InChI is InChI=1S/C21H27N3O2/c1-14-20(17-5-3-4-6-18(17)22-14)16-9-11-24(12-10-16)21(25)23-19(13-26-2)15-7-8-15/h3-6,9,15,19,22H,7-8,10-13H2,1-2H3,(H,23,25). The largest absolute Gasteiger partial charge is 0.383 e. The van der Waals surface area contributed by atoms with Crippen molar-refractivity contribution >= 4 is 22.5 Å². The van der Waals surface area contributed by atoms with Gasteiger partial charge in [0.2, 0.25) is 0 Å². The Kier molecular flexibility index (Phi) is 4.72. The number of nitrogens with zero attached hydrogens (tertiary/aromatic N) is 1. The van der Waals surface area contributed by atoms with Gasteiger partial charge in [-0.2, -0.15) is 0 Å². The molecular formula is C21H27N3O2. The summed E-state index contributed by atoms with van der Waals surface area (Å²) in [6, 6.07) is 8.59. The fourth-order valence-electron chi connectivity index (χ4n) is 3.99. The molecule has 2 aromatic rings. The summed E-state index contributed by atoms with van der Waals surface area (Å²) in [6.45, 7) is 4.13. The fraction of sp³-hybridized carbons (Fsp3) is 0.476. The number of carbonyl (C=O) groups excluding carboxylic acids is 1. The van der Waals surface area contributed by atoms with Crippen LogP contribution in [-0.2, 0) is 4.74 Å². The summed E-state index contributed by atoms with van der Waals surface area (Å²) >= 11 is 0. The molecule has 138 valence electrons. The molecule has 0 saturated heterocycles. The van der Waals surface area contributed by atoms with E-state index < -0.39 is 0 Å². The lowest BCUT2D eigenvalue weighted by atomic mass is 9.97. The van der Waals surface area contributed by atoms with Crippen LogP contribution in [0, 0.1) is 12.8 Å². The Morgan fingerprint density at radius 1 is 1.38 bits per heavy atom. The van der Waals surface area contributed by atoms with E-state index in [2.05, 4.69) is 47.6 Å². The number of para-hydroxylation sites is 1. The average Bonchev–Trinajstić information content (AvgIpc) is 3.43. The van der Waals surface area contributed by atoms with Gasteiger partial charge < -0.3 is 19.9 Å². The molecule has 2 aliphatic rings. The molecule has 1 aromatic carbocycles. The summed E-state index contributed by atoms with van der Waals surface area (Å²) in [5, 5.41) is 4.43. The third-order valence-electron chi connectivity index (χ3n) is 5.56. The first-order valence-corrected chi connectivity index (χ1v) is 9.48. The number of urea groups is 1. The van der Waals surface area contributed by atoms with Crippen molar-refractivity contribution in [2.45, 2.75) is 32.2 Å². The van der Waals surface area contributed by atoms with Crippen LogP contribution in [0.5, 0.6) is 0 Å². The lowest BCUT2D eigenvalue weighted by molar-refractivity contribution is 0.148. The van der Waals surface area contributed by atoms with Gasteiger partial charge in [-0.3, -0.25) is 0 Å². The predicted molar refractivity (Wildman–Crippen MR) is 104 cm³/mol. The van der Waals surface area contributed by atoms with E-state index in [4.69, 9.17) is 4.74 Å². The molecule has 1 atom stereocenters. The van der Waals surface area contributed by atoms with E-state index in [0.29, 0.717) is 19.1 Å². The van der Waals surface area contributed by atoms with E-state index in [-0.39, 0.29) is 12.1 Å². The molecule has 1 fully saturated rings. The van der Waals surface area contributed by atoms with Gasteiger partial charge in [-0.05, 0) is 43.7 Å². The van der Waals surface area contributed by atoms with Crippen LogP contribution < -0.4 is 5.32 Å². The molecule has 4 rings (SSSR count). The predicted octanol–water partition coefficient (Wildman–Crippen LogP) is 3.70. The first kappa shape index (κ1) is 17.2. The lowest BCUT2D eigenvalue weighted by Gasteiger charge is -2.29. The van der Waals surface area contributed by atoms with E-state index in [1.165, 1.54) is 40.6 Å². The van der Waals surface area contributed by atoms with E-state index in [1.54, 1.807) is 7.11 Å². The monoisotopic (exact) mass is 353 g/mol. The molecule has 2 N–H and O–H groups in total. The molecule has 1 aromatic heterocycles. The molecule has 5 nitrogen and oxygen atoms in total. The zero-order valence-electron chi connectivity index (χ0n) is 15.5. The number of fused-ring (bicyclic) bond motifs is 1. The van der Waals surface area contributed by atoms with Crippen LogP contribution in [0.1, 0.15) is 30.5 Å². The molecule has 0 bridgehead atoms. The van der Waals surface area contributed by atoms with E-state index >= 15 is 0 Å². The third kappa shape index (κ3) is 3.36.